The van der Waals surface area contributed by atoms with Crippen LogP contribution < -0.4 is 10.6 Å². The first-order chi connectivity index (χ1) is 7.15. The third kappa shape index (κ3) is 3.19. The quantitative estimate of drug-likeness (QED) is 0.689. The normalized spacial score (nSPS) is 12.2. The van der Waals surface area contributed by atoms with Gasteiger partial charge in [-0.3, -0.25) is 4.79 Å². The number of nitrogens with one attached hydrogen (secondary N) is 2. The van der Waals surface area contributed by atoms with Gasteiger partial charge in [0.05, 0.1) is 0 Å². The molecule has 0 saturated carbocycles. The number of hydrogen-bond donors (Lipinski definition) is 2. The number of rotatable bonds is 5. The van der Waals surface area contributed by atoms with Gasteiger partial charge in [0.1, 0.15) is 6.04 Å². The first-order valence-electron chi connectivity index (χ1n) is 4.91. The molecule has 15 heavy (non-hydrogen) atoms. The van der Waals surface area contributed by atoms with E-state index in [9.17, 15) is 4.79 Å². The van der Waals surface area contributed by atoms with Gasteiger partial charge in [-0.1, -0.05) is 12.0 Å². The predicted octanol–water partition coefficient (Wildman–Crippen LogP) is -0.463. The largest absolute Gasteiger partial charge is 0.354 e. The zero-order valence-electron chi connectivity index (χ0n) is 9.19. The lowest BCUT2D eigenvalue weighted by Crippen LogP contribution is -2.38. The van der Waals surface area contributed by atoms with Crippen molar-refractivity contribution in [2.75, 3.05) is 11.9 Å². The van der Waals surface area contributed by atoms with Gasteiger partial charge in [-0.25, -0.2) is 4.68 Å². The minimum Gasteiger partial charge on any atom is -0.354 e. The van der Waals surface area contributed by atoms with Crippen LogP contribution in [-0.2, 0) is 11.8 Å². The number of nitrogens with zero attached hydrogens (tertiary/aromatic N) is 4. The van der Waals surface area contributed by atoms with E-state index in [4.69, 9.17) is 0 Å². The number of anilines is 1. The Hall–Kier alpha value is -1.66. The molecule has 0 aliphatic carbocycles. The van der Waals surface area contributed by atoms with E-state index in [1.54, 1.807) is 14.0 Å². The van der Waals surface area contributed by atoms with E-state index in [0.717, 1.165) is 6.42 Å². The molecule has 0 aliphatic heterocycles. The summed E-state index contributed by atoms with van der Waals surface area (Å²) in [6.07, 6.45) is 0.921. The maximum absolute atomic E-state index is 11.5. The van der Waals surface area contributed by atoms with Crippen LogP contribution in [0.4, 0.5) is 5.95 Å². The maximum atomic E-state index is 11.5. The summed E-state index contributed by atoms with van der Waals surface area (Å²) in [7, 11) is 1.71. The Labute approximate surface area is 88.2 Å². The van der Waals surface area contributed by atoms with Crippen LogP contribution in [0, 0.1) is 0 Å². The van der Waals surface area contributed by atoms with Crippen molar-refractivity contribution in [1.29, 1.82) is 0 Å². The summed E-state index contributed by atoms with van der Waals surface area (Å²) in [6.45, 7) is 4.45. The highest BCUT2D eigenvalue weighted by Crippen LogP contribution is 1.99. The van der Waals surface area contributed by atoms with Crippen LogP contribution in [0.2, 0.25) is 0 Å². The van der Waals surface area contributed by atoms with Gasteiger partial charge in [0.25, 0.3) is 0 Å². The molecule has 0 bridgehead atoms. The van der Waals surface area contributed by atoms with Gasteiger partial charge in [-0.2, -0.15) is 0 Å². The molecular weight excluding hydrogens is 196 g/mol. The SMILES string of the molecule is CCCNC(=O)C(C)Nc1nnnn1C. The van der Waals surface area contributed by atoms with Gasteiger partial charge < -0.3 is 10.6 Å². The Balaban J connectivity index is 2.45. The van der Waals surface area contributed by atoms with Crippen LogP contribution in [0.3, 0.4) is 0 Å². The molecule has 84 valence electrons. The lowest BCUT2D eigenvalue weighted by molar-refractivity contribution is -0.121. The second kappa shape index (κ2) is 5.28. The van der Waals surface area contributed by atoms with Crippen LogP contribution in [0.5, 0.6) is 0 Å². The van der Waals surface area contributed by atoms with Crippen LogP contribution in [-0.4, -0.2) is 38.7 Å². The standard InChI is InChI=1S/C8H16N6O/c1-4-5-9-7(15)6(2)10-8-11-12-13-14(8)3/h6H,4-5H2,1-3H3,(H,9,15)(H,10,11,13). The van der Waals surface area contributed by atoms with Crippen molar-refractivity contribution in [3.05, 3.63) is 0 Å². The summed E-state index contributed by atoms with van der Waals surface area (Å²) in [4.78, 5) is 11.5. The molecule has 0 spiro atoms. The summed E-state index contributed by atoms with van der Waals surface area (Å²) in [6, 6.07) is -0.346. The van der Waals surface area contributed by atoms with Crippen molar-refractivity contribution in [3.8, 4) is 0 Å². The lowest BCUT2D eigenvalue weighted by atomic mass is 10.3. The van der Waals surface area contributed by atoms with Gasteiger partial charge in [0, 0.05) is 13.6 Å². The average Bonchev–Trinajstić information content (AvgIpc) is 2.61. The fraction of sp³-hybridized carbons (Fsp3) is 0.750. The van der Waals surface area contributed by atoms with Crippen molar-refractivity contribution in [1.82, 2.24) is 25.5 Å². The second-order valence-electron chi connectivity index (χ2n) is 3.28. The number of aryl methyl sites for hydroxylation is 1. The molecule has 1 atom stereocenters. The Morgan fingerprint density at radius 2 is 2.33 bits per heavy atom. The Morgan fingerprint density at radius 3 is 2.87 bits per heavy atom. The van der Waals surface area contributed by atoms with E-state index in [1.807, 2.05) is 6.92 Å². The molecule has 0 aliphatic rings. The smallest absolute Gasteiger partial charge is 0.243 e. The molecule has 0 radical (unpaired) electrons. The zero-order valence-corrected chi connectivity index (χ0v) is 9.19. The number of carbonyl (C=O) groups is 1. The Kier molecular flexibility index (Phi) is 4.02. The number of aromatic nitrogens is 4. The van der Waals surface area contributed by atoms with Gasteiger partial charge in [-0.15, -0.1) is 0 Å². The highest BCUT2D eigenvalue weighted by molar-refractivity contribution is 5.83. The molecule has 0 saturated heterocycles. The van der Waals surface area contributed by atoms with E-state index in [1.165, 1.54) is 4.68 Å². The van der Waals surface area contributed by atoms with E-state index in [-0.39, 0.29) is 11.9 Å². The summed E-state index contributed by atoms with van der Waals surface area (Å²) < 4.78 is 1.48. The number of carbonyl (C=O) groups excluding carboxylic acids is 1. The number of amides is 1. The summed E-state index contributed by atoms with van der Waals surface area (Å²) in [5, 5.41) is 16.5. The minimum atomic E-state index is -0.346. The van der Waals surface area contributed by atoms with Gasteiger partial charge >= 0.3 is 0 Å². The number of hydrogen-bond acceptors (Lipinski definition) is 5. The van der Waals surface area contributed by atoms with Gasteiger partial charge in [0.2, 0.25) is 11.9 Å². The van der Waals surface area contributed by atoms with Crippen LogP contribution >= 0.6 is 0 Å². The molecule has 0 fully saturated rings. The molecule has 1 heterocycles. The molecule has 7 heteroatoms. The third-order valence-corrected chi connectivity index (χ3v) is 1.91. The molecule has 1 rings (SSSR count). The van der Waals surface area contributed by atoms with E-state index in [2.05, 4.69) is 26.2 Å². The Bertz CT molecular complexity index is 323. The van der Waals surface area contributed by atoms with Crippen molar-refractivity contribution in [3.63, 3.8) is 0 Å². The molecule has 1 aromatic heterocycles. The summed E-state index contributed by atoms with van der Waals surface area (Å²) in [5.41, 5.74) is 0. The topological polar surface area (TPSA) is 84.7 Å². The van der Waals surface area contributed by atoms with E-state index < -0.39 is 0 Å². The first-order valence-corrected chi connectivity index (χ1v) is 4.91. The van der Waals surface area contributed by atoms with Crippen molar-refractivity contribution in [2.45, 2.75) is 26.3 Å². The van der Waals surface area contributed by atoms with E-state index in [0.29, 0.717) is 12.5 Å². The fourth-order valence-corrected chi connectivity index (χ4v) is 1.01. The Morgan fingerprint density at radius 1 is 1.60 bits per heavy atom. The van der Waals surface area contributed by atoms with Crippen molar-refractivity contribution < 1.29 is 4.79 Å². The molecule has 1 unspecified atom stereocenters. The van der Waals surface area contributed by atoms with Crippen LogP contribution in [0.1, 0.15) is 20.3 Å². The third-order valence-electron chi connectivity index (χ3n) is 1.91. The highest BCUT2D eigenvalue weighted by Gasteiger charge is 2.14. The molecule has 7 nitrogen and oxygen atoms in total. The molecule has 2 N–H and O–H groups in total. The van der Waals surface area contributed by atoms with Crippen LogP contribution in [0.25, 0.3) is 0 Å². The minimum absolute atomic E-state index is 0.0557. The highest BCUT2D eigenvalue weighted by atomic mass is 16.2. The molecular formula is C8H16N6O. The fourth-order valence-electron chi connectivity index (χ4n) is 1.01. The molecule has 1 amide bonds. The van der Waals surface area contributed by atoms with Crippen LogP contribution in [0.15, 0.2) is 0 Å². The average molecular weight is 212 g/mol. The van der Waals surface area contributed by atoms with Crippen molar-refractivity contribution >= 4 is 11.9 Å². The lowest BCUT2D eigenvalue weighted by Gasteiger charge is -2.12. The zero-order chi connectivity index (χ0) is 11.3. The van der Waals surface area contributed by atoms with Gasteiger partial charge in [-0.05, 0) is 23.8 Å². The number of tetrazole rings is 1. The molecule has 1 aromatic rings. The maximum Gasteiger partial charge on any atom is 0.243 e. The summed E-state index contributed by atoms with van der Waals surface area (Å²) in [5.74, 6) is 0.425. The summed E-state index contributed by atoms with van der Waals surface area (Å²) >= 11 is 0. The van der Waals surface area contributed by atoms with E-state index >= 15 is 0 Å². The predicted molar refractivity (Wildman–Crippen MR) is 55.2 cm³/mol. The van der Waals surface area contributed by atoms with Crippen molar-refractivity contribution in [2.24, 2.45) is 7.05 Å². The monoisotopic (exact) mass is 212 g/mol. The molecule has 0 aromatic carbocycles. The second-order valence-corrected chi connectivity index (χ2v) is 3.28. The van der Waals surface area contributed by atoms with Gasteiger partial charge in [0.15, 0.2) is 0 Å². The first kappa shape index (κ1) is 11.4.